The molecule has 0 heterocycles. The zero-order valence-corrected chi connectivity index (χ0v) is 10.2. The molecule has 2 aromatic carbocycles. The van der Waals surface area contributed by atoms with Crippen molar-refractivity contribution in [2.75, 3.05) is 7.11 Å². The summed E-state index contributed by atoms with van der Waals surface area (Å²) in [7, 11) is 1.57. The Balaban J connectivity index is 2.60. The van der Waals surface area contributed by atoms with Gasteiger partial charge in [-0.05, 0) is 23.8 Å². The Morgan fingerprint density at radius 3 is 2.53 bits per heavy atom. The second-order valence-electron chi connectivity index (χ2n) is 3.65. The van der Waals surface area contributed by atoms with E-state index < -0.39 is 0 Å². The van der Waals surface area contributed by atoms with Crippen molar-refractivity contribution < 1.29 is 9.13 Å². The first-order chi connectivity index (χ1) is 8.26. The van der Waals surface area contributed by atoms with E-state index in [1.165, 1.54) is 6.07 Å². The van der Waals surface area contributed by atoms with Gasteiger partial charge < -0.3 is 4.74 Å². The normalized spacial score (nSPS) is 10.3. The van der Waals surface area contributed by atoms with E-state index in [0.29, 0.717) is 17.2 Å². The van der Waals surface area contributed by atoms with Crippen molar-refractivity contribution in [1.29, 1.82) is 0 Å². The topological polar surface area (TPSA) is 9.23 Å². The summed E-state index contributed by atoms with van der Waals surface area (Å²) in [4.78, 5) is 0. The average molecular weight is 251 g/mol. The number of hydrogen-bond acceptors (Lipinski definition) is 1. The highest BCUT2D eigenvalue weighted by Crippen LogP contribution is 2.32. The van der Waals surface area contributed by atoms with Gasteiger partial charge in [0.15, 0.2) is 0 Å². The minimum atomic E-state index is -0.266. The second kappa shape index (κ2) is 5.19. The minimum Gasteiger partial charge on any atom is -0.496 e. The van der Waals surface area contributed by atoms with E-state index in [1.807, 2.05) is 12.1 Å². The predicted molar refractivity (Wildman–Crippen MR) is 67.9 cm³/mol. The van der Waals surface area contributed by atoms with E-state index in [9.17, 15) is 4.39 Å². The summed E-state index contributed by atoms with van der Waals surface area (Å²) in [5.41, 5.74) is 2.19. The van der Waals surface area contributed by atoms with Crippen molar-refractivity contribution >= 4 is 11.6 Å². The van der Waals surface area contributed by atoms with Gasteiger partial charge in [-0.25, -0.2) is 4.39 Å². The predicted octanol–water partition coefficient (Wildman–Crippen LogP) is 4.24. The lowest BCUT2D eigenvalue weighted by Crippen LogP contribution is -1.92. The SMILES string of the molecule is COc1ccc(CCl)cc1-c1ccccc1F. The maximum Gasteiger partial charge on any atom is 0.131 e. The Morgan fingerprint density at radius 1 is 1.12 bits per heavy atom. The van der Waals surface area contributed by atoms with E-state index in [1.54, 1.807) is 31.4 Å². The van der Waals surface area contributed by atoms with Crippen molar-refractivity contribution in [2.24, 2.45) is 0 Å². The molecule has 2 aromatic rings. The number of ether oxygens (including phenoxy) is 1. The molecule has 0 bridgehead atoms. The number of halogens is 2. The highest BCUT2D eigenvalue weighted by Gasteiger charge is 2.10. The first-order valence-corrected chi connectivity index (χ1v) is 5.77. The van der Waals surface area contributed by atoms with Crippen molar-refractivity contribution in [2.45, 2.75) is 5.88 Å². The summed E-state index contributed by atoms with van der Waals surface area (Å²) in [5, 5.41) is 0. The van der Waals surface area contributed by atoms with Crippen molar-refractivity contribution in [3.63, 3.8) is 0 Å². The summed E-state index contributed by atoms with van der Waals surface area (Å²) in [6.07, 6.45) is 0. The van der Waals surface area contributed by atoms with Crippen LogP contribution < -0.4 is 4.74 Å². The molecular weight excluding hydrogens is 239 g/mol. The van der Waals surface area contributed by atoms with Crippen LogP contribution in [0, 0.1) is 5.82 Å². The molecule has 0 aliphatic rings. The molecule has 0 atom stereocenters. The summed E-state index contributed by atoms with van der Waals surface area (Å²) in [5.74, 6) is 0.771. The molecule has 0 N–H and O–H groups in total. The number of hydrogen-bond donors (Lipinski definition) is 0. The summed E-state index contributed by atoms with van der Waals surface area (Å²) in [6, 6.07) is 12.1. The molecule has 0 saturated heterocycles. The van der Waals surface area contributed by atoms with Crippen LogP contribution >= 0.6 is 11.6 Å². The third-order valence-corrected chi connectivity index (χ3v) is 2.89. The van der Waals surface area contributed by atoms with Crippen molar-refractivity contribution in [1.82, 2.24) is 0 Å². The monoisotopic (exact) mass is 250 g/mol. The smallest absolute Gasteiger partial charge is 0.131 e. The quantitative estimate of drug-likeness (QED) is 0.741. The van der Waals surface area contributed by atoms with Crippen LogP contribution in [0.1, 0.15) is 5.56 Å². The number of benzene rings is 2. The van der Waals surface area contributed by atoms with Crippen LogP contribution in [0.4, 0.5) is 4.39 Å². The molecule has 0 saturated carbocycles. The van der Waals surface area contributed by atoms with Crippen LogP contribution in [-0.4, -0.2) is 7.11 Å². The molecule has 88 valence electrons. The van der Waals surface area contributed by atoms with Crippen LogP contribution in [0.15, 0.2) is 42.5 Å². The first-order valence-electron chi connectivity index (χ1n) is 5.24. The molecule has 0 aliphatic heterocycles. The Bertz CT molecular complexity index is 525. The first kappa shape index (κ1) is 11.9. The van der Waals surface area contributed by atoms with Crippen LogP contribution in [0.2, 0.25) is 0 Å². The lowest BCUT2D eigenvalue weighted by molar-refractivity contribution is 0.416. The molecular formula is C14H12ClFO. The Morgan fingerprint density at radius 2 is 1.88 bits per heavy atom. The van der Waals surface area contributed by atoms with E-state index in [2.05, 4.69) is 0 Å². The standard InChI is InChI=1S/C14H12ClFO/c1-17-14-7-6-10(9-15)8-12(14)11-4-2-3-5-13(11)16/h2-8H,9H2,1H3. The summed E-state index contributed by atoms with van der Waals surface area (Å²) in [6.45, 7) is 0. The fourth-order valence-corrected chi connectivity index (χ4v) is 1.89. The largest absolute Gasteiger partial charge is 0.496 e. The summed E-state index contributed by atoms with van der Waals surface area (Å²) >= 11 is 5.79. The second-order valence-corrected chi connectivity index (χ2v) is 3.92. The number of rotatable bonds is 3. The Hall–Kier alpha value is -1.54. The van der Waals surface area contributed by atoms with E-state index in [0.717, 1.165) is 11.1 Å². The lowest BCUT2D eigenvalue weighted by atomic mass is 10.0. The van der Waals surface area contributed by atoms with Gasteiger partial charge >= 0.3 is 0 Å². The van der Waals surface area contributed by atoms with E-state index in [-0.39, 0.29) is 5.82 Å². The molecule has 2 rings (SSSR count). The molecule has 0 spiro atoms. The van der Waals surface area contributed by atoms with Gasteiger partial charge in [0.2, 0.25) is 0 Å². The Kier molecular flexibility index (Phi) is 3.64. The van der Waals surface area contributed by atoms with Crippen molar-refractivity contribution in [3.05, 3.63) is 53.8 Å². The zero-order chi connectivity index (χ0) is 12.3. The maximum absolute atomic E-state index is 13.7. The van der Waals surface area contributed by atoms with E-state index >= 15 is 0 Å². The van der Waals surface area contributed by atoms with Crippen LogP contribution in [0.3, 0.4) is 0 Å². The molecule has 3 heteroatoms. The summed E-state index contributed by atoms with van der Waals surface area (Å²) < 4.78 is 19.0. The van der Waals surface area contributed by atoms with Crippen LogP contribution in [-0.2, 0) is 5.88 Å². The van der Waals surface area contributed by atoms with Gasteiger partial charge in [0.25, 0.3) is 0 Å². The van der Waals surface area contributed by atoms with Crippen LogP contribution in [0.25, 0.3) is 11.1 Å². The molecule has 0 amide bonds. The third-order valence-electron chi connectivity index (χ3n) is 2.58. The fourth-order valence-electron chi connectivity index (χ4n) is 1.73. The number of methoxy groups -OCH3 is 1. The van der Waals surface area contributed by atoms with Gasteiger partial charge in [-0.3, -0.25) is 0 Å². The average Bonchev–Trinajstić information content (AvgIpc) is 2.38. The number of alkyl halides is 1. The Labute approximate surface area is 105 Å². The molecule has 0 unspecified atom stereocenters. The van der Waals surface area contributed by atoms with Gasteiger partial charge in [0.1, 0.15) is 11.6 Å². The van der Waals surface area contributed by atoms with Gasteiger partial charge in [0.05, 0.1) is 7.11 Å². The zero-order valence-electron chi connectivity index (χ0n) is 9.41. The lowest BCUT2D eigenvalue weighted by Gasteiger charge is -2.10. The van der Waals surface area contributed by atoms with Gasteiger partial charge in [-0.2, -0.15) is 0 Å². The minimum absolute atomic E-state index is 0.266. The molecule has 0 radical (unpaired) electrons. The van der Waals surface area contributed by atoms with Gasteiger partial charge in [0, 0.05) is 17.0 Å². The third kappa shape index (κ3) is 2.42. The van der Waals surface area contributed by atoms with Gasteiger partial charge in [-0.15, -0.1) is 11.6 Å². The molecule has 0 aliphatic carbocycles. The van der Waals surface area contributed by atoms with Crippen LogP contribution in [0.5, 0.6) is 5.75 Å². The van der Waals surface area contributed by atoms with E-state index in [4.69, 9.17) is 16.3 Å². The molecule has 0 fully saturated rings. The van der Waals surface area contributed by atoms with Crippen molar-refractivity contribution in [3.8, 4) is 16.9 Å². The maximum atomic E-state index is 13.7. The molecule has 17 heavy (non-hydrogen) atoms. The fraction of sp³-hybridized carbons (Fsp3) is 0.143. The molecule has 1 nitrogen and oxygen atoms in total. The van der Waals surface area contributed by atoms with Gasteiger partial charge in [-0.1, -0.05) is 24.3 Å². The molecule has 0 aromatic heterocycles. The highest BCUT2D eigenvalue weighted by atomic mass is 35.5. The highest BCUT2D eigenvalue weighted by molar-refractivity contribution is 6.17.